The molecule has 8 heteroatoms. The van der Waals surface area contributed by atoms with Crippen molar-refractivity contribution in [3.05, 3.63) is 20.8 Å². The first-order valence-electron chi connectivity index (χ1n) is 5.28. The third kappa shape index (κ3) is 1.37. The van der Waals surface area contributed by atoms with Gasteiger partial charge in [0.2, 0.25) is 0 Å². The van der Waals surface area contributed by atoms with Gasteiger partial charge in [-0.15, -0.1) is 0 Å². The lowest BCUT2D eigenvalue weighted by atomic mass is 10.3. The highest BCUT2D eigenvalue weighted by Gasteiger charge is 2.23. The van der Waals surface area contributed by atoms with E-state index in [0.717, 1.165) is 6.42 Å². The number of aromatic nitrogens is 4. The van der Waals surface area contributed by atoms with Crippen molar-refractivity contribution in [3.63, 3.8) is 0 Å². The van der Waals surface area contributed by atoms with Crippen molar-refractivity contribution in [1.82, 2.24) is 19.7 Å². The molecule has 17 heavy (non-hydrogen) atoms. The maximum absolute atomic E-state index is 11.8. The molecule has 0 bridgehead atoms. The van der Waals surface area contributed by atoms with Gasteiger partial charge in [-0.1, -0.05) is 0 Å². The van der Waals surface area contributed by atoms with E-state index in [4.69, 9.17) is 10.5 Å². The molecule has 1 fully saturated rings. The molecule has 0 amide bonds. The summed E-state index contributed by atoms with van der Waals surface area (Å²) in [6, 6.07) is 0. The minimum absolute atomic E-state index is 0.0678. The van der Waals surface area contributed by atoms with Gasteiger partial charge in [-0.2, -0.15) is 4.98 Å². The molecule has 2 aromatic heterocycles. The van der Waals surface area contributed by atoms with Crippen LogP contribution < -0.4 is 17.0 Å². The van der Waals surface area contributed by atoms with E-state index in [-0.39, 0.29) is 17.4 Å². The van der Waals surface area contributed by atoms with Crippen molar-refractivity contribution < 1.29 is 4.74 Å². The zero-order valence-corrected chi connectivity index (χ0v) is 8.90. The minimum Gasteiger partial charge on any atom is -0.383 e. The molecule has 8 nitrogen and oxygen atoms in total. The van der Waals surface area contributed by atoms with Crippen molar-refractivity contribution in [2.75, 3.05) is 12.3 Å². The van der Waals surface area contributed by atoms with Gasteiger partial charge in [-0.05, 0) is 12.8 Å². The van der Waals surface area contributed by atoms with Gasteiger partial charge in [0.1, 0.15) is 23.1 Å². The third-order valence-electron chi connectivity index (χ3n) is 2.87. The summed E-state index contributed by atoms with van der Waals surface area (Å²) in [4.78, 5) is 27.0. The van der Waals surface area contributed by atoms with Crippen molar-refractivity contribution in [3.8, 4) is 0 Å². The van der Waals surface area contributed by atoms with Gasteiger partial charge in [-0.25, -0.2) is 9.36 Å². The second-order valence-electron chi connectivity index (χ2n) is 3.92. The van der Waals surface area contributed by atoms with Crippen molar-refractivity contribution in [2.45, 2.75) is 19.1 Å². The molecule has 1 atom stereocenters. The molecule has 90 valence electrons. The Morgan fingerprint density at radius 2 is 2.24 bits per heavy atom. The van der Waals surface area contributed by atoms with Gasteiger partial charge in [0.25, 0.3) is 5.56 Å². The molecule has 1 saturated heterocycles. The number of hydrogen-bond donors (Lipinski definition) is 3. The Bertz CT molecular complexity index is 676. The lowest BCUT2D eigenvalue weighted by Gasteiger charge is -2.13. The number of ether oxygens (including phenoxy) is 1. The van der Waals surface area contributed by atoms with E-state index in [2.05, 4.69) is 15.2 Å². The van der Waals surface area contributed by atoms with Crippen molar-refractivity contribution >= 4 is 16.9 Å². The monoisotopic (exact) mass is 237 g/mol. The van der Waals surface area contributed by atoms with Crippen LogP contribution in [0, 0.1) is 0 Å². The predicted molar refractivity (Wildman–Crippen MR) is 59.6 cm³/mol. The first-order valence-corrected chi connectivity index (χ1v) is 5.28. The Balaban J connectivity index is 2.37. The van der Waals surface area contributed by atoms with Crippen molar-refractivity contribution in [1.29, 1.82) is 0 Å². The zero-order chi connectivity index (χ0) is 12.0. The van der Waals surface area contributed by atoms with E-state index in [9.17, 15) is 9.59 Å². The van der Waals surface area contributed by atoms with Crippen LogP contribution in [0.2, 0.25) is 0 Å². The van der Waals surface area contributed by atoms with Crippen LogP contribution in [-0.2, 0) is 4.74 Å². The summed E-state index contributed by atoms with van der Waals surface area (Å²) >= 11 is 0. The fourth-order valence-corrected chi connectivity index (χ4v) is 2.11. The fourth-order valence-electron chi connectivity index (χ4n) is 2.11. The van der Waals surface area contributed by atoms with Gasteiger partial charge in [0, 0.05) is 6.61 Å². The maximum atomic E-state index is 11.8. The second-order valence-corrected chi connectivity index (χ2v) is 3.92. The van der Waals surface area contributed by atoms with Crippen LogP contribution in [0.15, 0.2) is 9.59 Å². The average molecular weight is 237 g/mol. The Labute approximate surface area is 94.4 Å². The molecule has 4 N–H and O–H groups in total. The number of hydrogen-bond acceptors (Lipinski definition) is 5. The van der Waals surface area contributed by atoms with Crippen LogP contribution in [0.5, 0.6) is 0 Å². The van der Waals surface area contributed by atoms with Gasteiger partial charge < -0.3 is 10.5 Å². The summed E-state index contributed by atoms with van der Waals surface area (Å²) in [5.74, 6) is -0.0678. The molecule has 1 aliphatic rings. The SMILES string of the molecule is Nc1nc(=O)n(C2CCCO2)c2[nH][nH]c(=O)c12. The van der Waals surface area contributed by atoms with Gasteiger partial charge in [0.15, 0.2) is 0 Å². The van der Waals surface area contributed by atoms with E-state index in [1.807, 2.05) is 0 Å². The minimum atomic E-state index is -0.517. The van der Waals surface area contributed by atoms with Crippen LogP contribution >= 0.6 is 0 Å². The number of aromatic amines is 2. The highest BCUT2D eigenvalue weighted by molar-refractivity contribution is 5.84. The molecule has 2 aromatic rings. The first kappa shape index (κ1) is 10.1. The lowest BCUT2D eigenvalue weighted by molar-refractivity contribution is 0.0560. The largest absolute Gasteiger partial charge is 0.383 e. The highest BCUT2D eigenvalue weighted by atomic mass is 16.5. The summed E-state index contributed by atoms with van der Waals surface area (Å²) in [5, 5.41) is 5.23. The molecule has 1 aliphatic heterocycles. The molecule has 1 unspecified atom stereocenters. The number of nitrogen functional groups attached to an aromatic ring is 1. The molecule has 3 heterocycles. The number of anilines is 1. The third-order valence-corrected chi connectivity index (χ3v) is 2.87. The second kappa shape index (κ2) is 3.45. The summed E-state index contributed by atoms with van der Waals surface area (Å²) in [7, 11) is 0. The molecule has 3 rings (SSSR count). The van der Waals surface area contributed by atoms with Crippen molar-refractivity contribution in [2.24, 2.45) is 0 Å². The van der Waals surface area contributed by atoms with Crippen LogP contribution in [0.4, 0.5) is 5.82 Å². The quantitative estimate of drug-likeness (QED) is 0.606. The van der Waals surface area contributed by atoms with Gasteiger partial charge in [0.05, 0.1) is 0 Å². The topological polar surface area (TPSA) is 119 Å². The lowest BCUT2D eigenvalue weighted by Crippen LogP contribution is -2.28. The van der Waals surface area contributed by atoms with E-state index in [0.29, 0.717) is 18.7 Å². The molecule has 0 spiro atoms. The molecular weight excluding hydrogens is 226 g/mol. The van der Waals surface area contributed by atoms with Gasteiger partial charge in [-0.3, -0.25) is 15.0 Å². The van der Waals surface area contributed by atoms with Crippen LogP contribution in [0.1, 0.15) is 19.1 Å². The fraction of sp³-hybridized carbons (Fsp3) is 0.444. The van der Waals surface area contributed by atoms with E-state index < -0.39 is 11.2 Å². The van der Waals surface area contributed by atoms with E-state index >= 15 is 0 Å². The van der Waals surface area contributed by atoms with Crippen LogP contribution in [-0.4, -0.2) is 26.4 Å². The average Bonchev–Trinajstić information content (AvgIpc) is 2.89. The van der Waals surface area contributed by atoms with Crippen LogP contribution in [0.25, 0.3) is 11.0 Å². The summed E-state index contributed by atoms with van der Waals surface area (Å²) in [6.07, 6.45) is 1.20. The smallest absolute Gasteiger partial charge is 0.353 e. The molecular formula is C9H11N5O3. The van der Waals surface area contributed by atoms with E-state index in [1.54, 1.807) is 0 Å². The highest BCUT2D eigenvalue weighted by Crippen LogP contribution is 2.24. The standard InChI is InChI=1S/C9H11N5O3/c10-6-5-7(12-13-8(5)15)14(9(16)11-6)4-2-1-3-17-4/h4H,1-3H2,(H2,10,11,16)(H2,12,13,15). The molecule has 0 aliphatic carbocycles. The molecule has 0 radical (unpaired) electrons. The number of nitrogens with zero attached hydrogens (tertiary/aromatic N) is 2. The first-order chi connectivity index (χ1) is 8.18. The number of nitrogens with one attached hydrogen (secondary N) is 2. The van der Waals surface area contributed by atoms with E-state index in [1.165, 1.54) is 4.57 Å². The normalized spacial score (nSPS) is 20.1. The number of nitrogens with two attached hydrogens (primary N) is 1. The number of rotatable bonds is 1. The number of H-pyrrole nitrogens is 2. The summed E-state index contributed by atoms with van der Waals surface area (Å²) < 4.78 is 6.75. The zero-order valence-electron chi connectivity index (χ0n) is 8.90. The van der Waals surface area contributed by atoms with Crippen LogP contribution in [0.3, 0.4) is 0 Å². The molecule has 0 saturated carbocycles. The number of fused-ring (bicyclic) bond motifs is 1. The van der Waals surface area contributed by atoms with Gasteiger partial charge >= 0.3 is 5.69 Å². The summed E-state index contributed by atoms with van der Waals surface area (Å²) in [6.45, 7) is 0.595. The maximum Gasteiger partial charge on any atom is 0.353 e. The molecule has 0 aromatic carbocycles. The predicted octanol–water partition coefficient (Wildman–Crippen LogP) is -0.696. The Morgan fingerprint density at radius 3 is 2.94 bits per heavy atom. The Morgan fingerprint density at radius 1 is 1.41 bits per heavy atom. The Hall–Kier alpha value is -2.09. The Kier molecular flexibility index (Phi) is 2.05. The summed E-state index contributed by atoms with van der Waals surface area (Å²) in [5.41, 5.74) is 4.99.